The molecule has 0 bridgehead atoms. The third-order valence-corrected chi connectivity index (χ3v) is 5.16. The SMILES string of the molecule is CC1CCCC(SC(CN)c2cnn(C)c2)C1. The molecule has 3 nitrogen and oxygen atoms in total. The van der Waals surface area contributed by atoms with Crippen LogP contribution < -0.4 is 5.73 Å². The number of thioether (sulfide) groups is 1. The van der Waals surface area contributed by atoms with Crippen LogP contribution in [-0.4, -0.2) is 21.6 Å². The molecule has 1 saturated carbocycles. The zero-order chi connectivity index (χ0) is 12.3. The lowest BCUT2D eigenvalue weighted by Gasteiger charge is -2.28. The second-order valence-corrected chi connectivity index (χ2v) is 6.71. The number of hydrogen-bond acceptors (Lipinski definition) is 3. The quantitative estimate of drug-likeness (QED) is 0.897. The molecule has 1 aromatic rings. The molecule has 1 heterocycles. The lowest BCUT2D eigenvalue weighted by molar-refractivity contribution is 0.393. The van der Waals surface area contributed by atoms with Gasteiger partial charge in [-0.15, -0.1) is 11.8 Å². The van der Waals surface area contributed by atoms with Gasteiger partial charge in [-0.2, -0.15) is 5.10 Å². The van der Waals surface area contributed by atoms with Gasteiger partial charge in [0, 0.05) is 35.9 Å². The Bertz CT molecular complexity index is 350. The second-order valence-electron chi connectivity index (χ2n) is 5.20. The minimum absolute atomic E-state index is 0.416. The van der Waals surface area contributed by atoms with Crippen molar-refractivity contribution in [3.8, 4) is 0 Å². The zero-order valence-electron chi connectivity index (χ0n) is 10.8. The molecule has 3 unspecified atom stereocenters. The molecule has 0 saturated heterocycles. The molecule has 0 spiro atoms. The molecule has 1 aliphatic carbocycles. The molecule has 17 heavy (non-hydrogen) atoms. The van der Waals surface area contributed by atoms with Crippen molar-refractivity contribution < 1.29 is 0 Å². The van der Waals surface area contributed by atoms with Gasteiger partial charge in [0.05, 0.1) is 6.20 Å². The van der Waals surface area contributed by atoms with E-state index < -0.39 is 0 Å². The third-order valence-electron chi connectivity index (χ3n) is 3.56. The summed E-state index contributed by atoms with van der Waals surface area (Å²) in [5.74, 6) is 0.883. The molecule has 96 valence electrons. The Balaban J connectivity index is 1.95. The highest BCUT2D eigenvalue weighted by Crippen LogP contribution is 2.39. The highest BCUT2D eigenvalue weighted by molar-refractivity contribution is 8.00. The van der Waals surface area contributed by atoms with Crippen LogP contribution in [0.2, 0.25) is 0 Å². The lowest BCUT2D eigenvalue weighted by Crippen LogP contribution is -2.19. The summed E-state index contributed by atoms with van der Waals surface area (Å²) in [6.07, 6.45) is 9.53. The lowest BCUT2D eigenvalue weighted by atomic mass is 9.91. The zero-order valence-corrected chi connectivity index (χ0v) is 11.6. The molecule has 4 heteroatoms. The maximum atomic E-state index is 5.91. The van der Waals surface area contributed by atoms with E-state index in [1.807, 2.05) is 17.9 Å². The van der Waals surface area contributed by atoms with Crippen LogP contribution in [0.4, 0.5) is 0 Å². The van der Waals surface area contributed by atoms with E-state index in [2.05, 4.69) is 30.0 Å². The summed E-state index contributed by atoms with van der Waals surface area (Å²) in [5, 5.41) is 5.44. The van der Waals surface area contributed by atoms with Gasteiger partial charge in [0.15, 0.2) is 0 Å². The molecular formula is C13H23N3S. The number of aromatic nitrogens is 2. The van der Waals surface area contributed by atoms with Crippen LogP contribution in [0, 0.1) is 5.92 Å². The van der Waals surface area contributed by atoms with Crippen LogP contribution in [0.3, 0.4) is 0 Å². The molecule has 0 aliphatic heterocycles. The summed E-state index contributed by atoms with van der Waals surface area (Å²) in [6, 6.07) is 0. The van der Waals surface area contributed by atoms with Crippen LogP contribution in [0.15, 0.2) is 12.4 Å². The summed E-state index contributed by atoms with van der Waals surface area (Å²) in [6.45, 7) is 3.08. The average molecular weight is 253 g/mol. The summed E-state index contributed by atoms with van der Waals surface area (Å²) in [4.78, 5) is 0. The molecular weight excluding hydrogens is 230 g/mol. The van der Waals surface area contributed by atoms with Gasteiger partial charge < -0.3 is 5.73 Å². The molecule has 1 aromatic heterocycles. The van der Waals surface area contributed by atoms with E-state index in [1.165, 1.54) is 31.2 Å². The Hall–Kier alpha value is -0.480. The largest absolute Gasteiger partial charge is 0.329 e. The average Bonchev–Trinajstić information content (AvgIpc) is 2.73. The Kier molecular flexibility index (Phi) is 4.51. The number of nitrogens with two attached hydrogens (primary N) is 1. The number of rotatable bonds is 4. The first-order valence-electron chi connectivity index (χ1n) is 6.53. The van der Waals surface area contributed by atoms with E-state index in [4.69, 9.17) is 5.73 Å². The number of aryl methyl sites for hydroxylation is 1. The fourth-order valence-corrected chi connectivity index (χ4v) is 4.21. The predicted octanol–water partition coefficient (Wildman–Crippen LogP) is 2.73. The maximum absolute atomic E-state index is 5.91. The van der Waals surface area contributed by atoms with Crippen LogP contribution in [0.1, 0.15) is 43.4 Å². The van der Waals surface area contributed by atoms with Gasteiger partial charge in [-0.25, -0.2) is 0 Å². The minimum atomic E-state index is 0.416. The highest BCUT2D eigenvalue weighted by Gasteiger charge is 2.23. The molecule has 0 amide bonds. The smallest absolute Gasteiger partial charge is 0.0533 e. The fraction of sp³-hybridized carbons (Fsp3) is 0.769. The summed E-state index contributed by atoms with van der Waals surface area (Å²) in [7, 11) is 1.96. The summed E-state index contributed by atoms with van der Waals surface area (Å²) < 4.78 is 1.86. The van der Waals surface area contributed by atoms with Gasteiger partial charge in [0.2, 0.25) is 0 Å². The van der Waals surface area contributed by atoms with Gasteiger partial charge in [0.25, 0.3) is 0 Å². The van der Waals surface area contributed by atoms with E-state index >= 15 is 0 Å². The minimum Gasteiger partial charge on any atom is -0.329 e. The van der Waals surface area contributed by atoms with Crippen LogP contribution in [0.25, 0.3) is 0 Å². The van der Waals surface area contributed by atoms with Gasteiger partial charge in [-0.3, -0.25) is 4.68 Å². The second kappa shape index (κ2) is 5.91. The molecule has 3 atom stereocenters. The maximum Gasteiger partial charge on any atom is 0.0533 e. The monoisotopic (exact) mass is 253 g/mol. The van der Waals surface area contributed by atoms with Crippen molar-refractivity contribution >= 4 is 11.8 Å². The van der Waals surface area contributed by atoms with E-state index in [0.717, 1.165) is 11.2 Å². The first-order chi connectivity index (χ1) is 8.19. The Labute approximate surface area is 108 Å². The van der Waals surface area contributed by atoms with Crippen molar-refractivity contribution in [2.24, 2.45) is 18.7 Å². The van der Waals surface area contributed by atoms with E-state index in [-0.39, 0.29) is 0 Å². The molecule has 0 aromatic carbocycles. The van der Waals surface area contributed by atoms with Crippen molar-refractivity contribution in [1.82, 2.24) is 9.78 Å². The molecule has 1 fully saturated rings. The van der Waals surface area contributed by atoms with Crippen molar-refractivity contribution in [1.29, 1.82) is 0 Å². The third kappa shape index (κ3) is 3.49. The van der Waals surface area contributed by atoms with Crippen LogP contribution in [0.5, 0.6) is 0 Å². The molecule has 1 aliphatic rings. The molecule has 2 rings (SSSR count). The van der Waals surface area contributed by atoms with Crippen molar-refractivity contribution in [2.45, 2.75) is 43.1 Å². The van der Waals surface area contributed by atoms with Gasteiger partial charge in [0.1, 0.15) is 0 Å². The van der Waals surface area contributed by atoms with Gasteiger partial charge >= 0.3 is 0 Å². The standard InChI is InChI=1S/C13H23N3S/c1-10-4-3-5-12(6-10)17-13(7-14)11-8-15-16(2)9-11/h8-10,12-13H,3-7,14H2,1-2H3. The van der Waals surface area contributed by atoms with E-state index in [1.54, 1.807) is 0 Å². The fourth-order valence-electron chi connectivity index (χ4n) is 2.61. The van der Waals surface area contributed by atoms with Gasteiger partial charge in [-0.1, -0.05) is 19.8 Å². The molecule has 2 N–H and O–H groups in total. The highest BCUT2D eigenvalue weighted by atomic mass is 32.2. The number of nitrogens with zero attached hydrogens (tertiary/aromatic N) is 2. The Morgan fingerprint density at radius 2 is 2.41 bits per heavy atom. The van der Waals surface area contributed by atoms with Crippen molar-refractivity contribution in [2.75, 3.05) is 6.54 Å². The normalized spacial score (nSPS) is 27.0. The topological polar surface area (TPSA) is 43.8 Å². The van der Waals surface area contributed by atoms with Crippen molar-refractivity contribution in [3.05, 3.63) is 18.0 Å². The van der Waals surface area contributed by atoms with Crippen molar-refractivity contribution in [3.63, 3.8) is 0 Å². The molecule has 0 radical (unpaired) electrons. The first-order valence-corrected chi connectivity index (χ1v) is 7.47. The number of hydrogen-bond donors (Lipinski definition) is 1. The van der Waals surface area contributed by atoms with E-state index in [0.29, 0.717) is 11.8 Å². The first kappa shape index (κ1) is 13.0. The Morgan fingerprint density at radius 1 is 1.59 bits per heavy atom. The van der Waals surface area contributed by atoms with Gasteiger partial charge in [-0.05, 0) is 18.8 Å². The van der Waals surface area contributed by atoms with E-state index in [9.17, 15) is 0 Å². The Morgan fingerprint density at radius 3 is 3.00 bits per heavy atom. The van der Waals surface area contributed by atoms with Crippen LogP contribution >= 0.6 is 11.8 Å². The predicted molar refractivity (Wildman–Crippen MR) is 74.0 cm³/mol. The summed E-state index contributed by atoms with van der Waals surface area (Å²) in [5.41, 5.74) is 7.18. The van der Waals surface area contributed by atoms with Crippen LogP contribution in [-0.2, 0) is 7.05 Å². The summed E-state index contributed by atoms with van der Waals surface area (Å²) >= 11 is 2.06.